The Bertz CT molecular complexity index is 15.1. The van der Waals surface area contributed by atoms with Crippen molar-refractivity contribution >= 4 is 0 Å². The van der Waals surface area contributed by atoms with Crippen LogP contribution in [0.25, 0.3) is 0 Å². The second-order valence-electron chi connectivity index (χ2n) is 0.0833. The molecule has 0 rings (SSSR count). The molecule has 30 valence electrons. The first-order chi connectivity index (χ1) is 1.41. The van der Waals surface area contributed by atoms with Gasteiger partial charge < -0.3 is 6.15 Å². The molecule has 4 N–H and O–H groups in total. The average Bonchev–Trinajstić information content (AvgIpc) is 0.918. The molecule has 4 nitrogen and oxygen atoms in total. The van der Waals surface area contributed by atoms with Crippen molar-refractivity contribution in [2.45, 2.75) is 0 Å². The molecule has 0 fully saturated rings. The molecule has 0 aliphatic carbocycles. The van der Waals surface area contributed by atoms with Gasteiger partial charge in [0.05, 0.1) is 0 Å². The van der Waals surface area contributed by atoms with Crippen molar-refractivity contribution in [3.05, 3.63) is 10.1 Å². The summed E-state index contributed by atoms with van der Waals surface area (Å²) in [4.78, 5) is 8.12. The molecule has 0 saturated heterocycles. The second-order valence-corrected chi connectivity index (χ2v) is 0.0833. The Hall–Kier alpha value is 0.0743. The van der Waals surface area contributed by atoms with E-state index in [9.17, 15) is 0 Å². The van der Waals surface area contributed by atoms with E-state index in [0.29, 0.717) is 0 Å². The van der Waals surface area contributed by atoms with Crippen LogP contribution in [0, 0.1) is 10.1 Å². The van der Waals surface area contributed by atoms with Gasteiger partial charge in [0, 0.05) is 27.1 Å². The largest absolute Gasteiger partial charge is 0.344 e. The van der Waals surface area contributed by atoms with Crippen LogP contribution >= 0.6 is 0 Å². The van der Waals surface area contributed by atoms with Crippen molar-refractivity contribution in [2.24, 2.45) is 0 Å². The van der Waals surface area contributed by atoms with Gasteiger partial charge in [0.2, 0.25) is 0 Å². The molecule has 0 aromatic heterocycles. The predicted molar refractivity (Wildman–Crippen MR) is 12.7 cm³/mol. The third-order valence-corrected chi connectivity index (χ3v) is 0. The van der Waals surface area contributed by atoms with Gasteiger partial charge in [-0.1, -0.05) is 0 Å². The monoisotopic (exact) mass is 112 g/mol. The van der Waals surface area contributed by atoms with Crippen molar-refractivity contribution < 1.29 is 27.1 Å². The summed E-state index contributed by atoms with van der Waals surface area (Å²) < 4.78 is 0. The van der Waals surface area contributed by atoms with Gasteiger partial charge in [-0.25, -0.2) is 0 Å². The molecule has 0 saturated carbocycles. The molecule has 0 aliphatic heterocycles. The second kappa shape index (κ2) is 33.4. The quantitative estimate of drug-likeness (QED) is 0.227. The number of hydrogen-bond donors (Lipinski definition) is 2. The van der Waals surface area contributed by atoms with E-state index in [-0.39, 0.29) is 33.2 Å². The van der Waals surface area contributed by atoms with E-state index in [0.717, 1.165) is 0 Å². The zero-order valence-electron chi connectivity index (χ0n) is 2.52. The summed E-state index contributed by atoms with van der Waals surface area (Å²) in [5, 5.41) is 8.38. The van der Waals surface area contributed by atoms with Gasteiger partial charge in [0.1, 0.15) is 0 Å². The Morgan fingerprint density at radius 2 is 1.60 bits per heavy atom. The van der Waals surface area contributed by atoms with Crippen LogP contribution < -0.4 is 11.5 Å². The van der Waals surface area contributed by atoms with Crippen molar-refractivity contribution in [3.8, 4) is 0 Å². The average molecular weight is 112 g/mol. The van der Waals surface area contributed by atoms with Crippen LogP contribution in [0.5, 0.6) is 0 Å². The van der Waals surface area contributed by atoms with E-state index in [1.165, 1.54) is 0 Å². The standard InChI is InChI=1S/HNO2.H3N.Ti/c2-1-3;;/h1H;1H3;. The maximum Gasteiger partial charge on any atom is 0.00366 e. The van der Waals surface area contributed by atoms with Crippen LogP contribution in [-0.2, 0) is 21.7 Å². The van der Waals surface area contributed by atoms with Gasteiger partial charge >= 0.3 is 0 Å². The Balaban J connectivity index is -0.0000000200. The number of nitrogens with one attached hydrogen (secondary N) is 1. The van der Waals surface area contributed by atoms with Crippen LogP contribution in [-0.4, -0.2) is 0 Å². The summed E-state index contributed by atoms with van der Waals surface area (Å²) in [5.41, 5.74) is 0. The van der Waals surface area contributed by atoms with Crippen molar-refractivity contribution in [2.75, 3.05) is 0 Å². The van der Waals surface area contributed by atoms with E-state index < -0.39 is 0 Å². The van der Waals surface area contributed by atoms with Gasteiger partial charge in [-0.05, 0) is 0 Å². The fraction of sp³-hybridized carbons (Fsp3) is 0. The molecule has 0 radical (unpaired) electrons. The fourth-order valence-corrected chi connectivity index (χ4v) is 0. The zero-order valence-corrected chi connectivity index (χ0v) is 4.09. The van der Waals surface area contributed by atoms with Crippen molar-refractivity contribution in [1.82, 2.24) is 6.15 Å². The van der Waals surface area contributed by atoms with E-state index in [2.05, 4.69) is 0 Å². The third-order valence-electron chi connectivity index (χ3n) is 0. The van der Waals surface area contributed by atoms with Crippen LogP contribution in [0.2, 0.25) is 0 Å². The summed E-state index contributed by atoms with van der Waals surface area (Å²) in [6.45, 7) is 0. The summed E-state index contributed by atoms with van der Waals surface area (Å²) in [6, 6.07) is 0. The fourth-order valence-electron chi connectivity index (χ4n) is 0. The van der Waals surface area contributed by atoms with Crippen LogP contribution in [0.3, 0.4) is 0 Å². The molecule has 5 heteroatoms. The summed E-state index contributed by atoms with van der Waals surface area (Å²) >= 11 is 0. The van der Waals surface area contributed by atoms with E-state index >= 15 is 0 Å². The van der Waals surface area contributed by atoms with Gasteiger partial charge in [0.25, 0.3) is 0 Å². The third kappa shape index (κ3) is 3180. The van der Waals surface area contributed by atoms with Crippen LogP contribution in [0.4, 0.5) is 0 Å². The minimum atomic E-state index is 0. The van der Waals surface area contributed by atoms with Crippen LogP contribution in [0.1, 0.15) is 0 Å². The van der Waals surface area contributed by atoms with Crippen LogP contribution in [0.15, 0.2) is 0 Å². The summed E-state index contributed by atoms with van der Waals surface area (Å²) in [5.74, 6) is 0. The molecule has 5 heavy (non-hydrogen) atoms. The molecule has 0 aromatic rings. The summed E-state index contributed by atoms with van der Waals surface area (Å²) in [7, 11) is 0. The maximum atomic E-state index is 8.12. The Kier molecular flexibility index (Phi) is 131. The van der Waals surface area contributed by atoms with Gasteiger partial charge in [0.15, 0.2) is 0 Å². The van der Waals surface area contributed by atoms with E-state index in [1.54, 1.807) is 0 Å². The first kappa shape index (κ1) is 19.6. The van der Waals surface area contributed by atoms with Gasteiger partial charge in [-0.15, -0.1) is 0 Å². The zero-order chi connectivity index (χ0) is 2.71. The topological polar surface area (TPSA) is 89.1 Å². The number of hydrogen-bond acceptors (Lipinski definition) is 3. The molecule has 0 amide bonds. The molecular formula is H4N2O2Ti. The molecule has 0 unspecified atom stereocenters. The normalized spacial score (nSPS) is 2.40. The number of rotatable bonds is 0. The molecule has 0 aromatic carbocycles. The Labute approximate surface area is 44.0 Å². The Morgan fingerprint density at radius 3 is 1.60 bits per heavy atom. The SMILES string of the molecule is N.O=[NH+][O-].[Ti]. The molecule has 0 bridgehead atoms. The van der Waals surface area contributed by atoms with Gasteiger partial charge in [-0.3, -0.25) is 10.1 Å². The Morgan fingerprint density at radius 1 is 1.60 bits per heavy atom. The van der Waals surface area contributed by atoms with Crippen molar-refractivity contribution in [1.29, 1.82) is 0 Å². The molecule has 0 spiro atoms. The van der Waals surface area contributed by atoms with E-state index in [1.807, 2.05) is 0 Å². The first-order valence-corrected chi connectivity index (χ1v) is 0.408. The van der Waals surface area contributed by atoms with E-state index in [4.69, 9.17) is 10.1 Å². The van der Waals surface area contributed by atoms with Crippen molar-refractivity contribution in [3.63, 3.8) is 0 Å². The first-order valence-electron chi connectivity index (χ1n) is 0.408. The minimum Gasteiger partial charge on any atom is -0.344 e. The molecule has 0 heterocycles. The molecule has 0 aliphatic rings. The maximum absolute atomic E-state index is 8.12. The van der Waals surface area contributed by atoms with Gasteiger partial charge in [-0.2, -0.15) is 0 Å². The summed E-state index contributed by atoms with van der Waals surface area (Å²) in [6.07, 6.45) is 0. The molecule has 0 atom stereocenters. The minimum absolute atomic E-state index is 0. The molecular weight excluding hydrogens is 108 g/mol. The predicted octanol–water partition coefficient (Wildman–Crippen LogP) is -1.51. The smallest absolute Gasteiger partial charge is 0.00366 e.